The van der Waals surface area contributed by atoms with Crippen LogP contribution >= 0.6 is 0 Å². The zero-order valence-electron chi connectivity index (χ0n) is 18.0. The van der Waals surface area contributed by atoms with Crippen molar-refractivity contribution < 1.29 is 24.1 Å². The number of nitrogens with one attached hydrogen (secondary N) is 1. The topological polar surface area (TPSA) is 134 Å². The van der Waals surface area contributed by atoms with Crippen molar-refractivity contribution in [3.63, 3.8) is 0 Å². The van der Waals surface area contributed by atoms with Crippen LogP contribution in [0.25, 0.3) is 11.4 Å². The standard InChI is InChI=1S/C22H23N5O5/c1-11-17(20(23)29)18(13-9-15(30-2)19(32-4)16(10-13)31-3)27-22(24-11)25-21(26-27)12-6-5-7-14(28)8-12/h5-10,18,28H,1-4H3,(H2,23,29)(H,24,25,26)/t18-/m0/s1. The van der Waals surface area contributed by atoms with Crippen molar-refractivity contribution in [2.75, 3.05) is 26.6 Å². The molecule has 2 heterocycles. The average Bonchev–Trinajstić information content (AvgIpc) is 3.20. The number of carbonyl (C=O) groups excluding carboxylic acids is 1. The molecule has 166 valence electrons. The number of primary amides is 1. The second kappa shape index (κ2) is 8.14. The molecule has 0 unspecified atom stereocenters. The third-order valence-corrected chi connectivity index (χ3v) is 5.23. The number of phenolic OH excluding ortho intramolecular Hbond substituents is 1. The average molecular weight is 437 g/mol. The van der Waals surface area contributed by atoms with Crippen LogP contribution in [0, 0.1) is 0 Å². The van der Waals surface area contributed by atoms with E-state index in [9.17, 15) is 9.90 Å². The number of ether oxygens (including phenoxy) is 3. The highest BCUT2D eigenvalue weighted by Crippen LogP contribution is 2.44. The van der Waals surface area contributed by atoms with E-state index < -0.39 is 11.9 Å². The highest BCUT2D eigenvalue weighted by molar-refractivity contribution is 5.95. The summed E-state index contributed by atoms with van der Waals surface area (Å²) in [5, 5.41) is 17.6. The van der Waals surface area contributed by atoms with E-state index in [1.807, 2.05) is 0 Å². The van der Waals surface area contributed by atoms with Gasteiger partial charge in [-0.05, 0) is 36.8 Å². The lowest BCUT2D eigenvalue weighted by atomic mass is 9.94. The zero-order chi connectivity index (χ0) is 23.0. The van der Waals surface area contributed by atoms with Crippen molar-refractivity contribution in [2.24, 2.45) is 5.73 Å². The summed E-state index contributed by atoms with van der Waals surface area (Å²) in [6.45, 7) is 1.75. The number of anilines is 1. The number of rotatable bonds is 6. The molecule has 1 atom stereocenters. The van der Waals surface area contributed by atoms with Gasteiger partial charge in [-0.25, -0.2) is 4.68 Å². The molecule has 1 aromatic heterocycles. The molecule has 1 amide bonds. The third-order valence-electron chi connectivity index (χ3n) is 5.23. The summed E-state index contributed by atoms with van der Waals surface area (Å²) >= 11 is 0. The lowest BCUT2D eigenvalue weighted by Crippen LogP contribution is -2.31. The van der Waals surface area contributed by atoms with Crippen LogP contribution in [0.15, 0.2) is 47.7 Å². The number of hydrogen-bond donors (Lipinski definition) is 3. The molecule has 0 fully saturated rings. The number of fused-ring (bicyclic) bond motifs is 1. The molecule has 0 saturated carbocycles. The van der Waals surface area contributed by atoms with Crippen LogP contribution in [-0.2, 0) is 4.79 Å². The number of nitrogens with two attached hydrogens (primary N) is 1. The summed E-state index contributed by atoms with van der Waals surface area (Å²) in [5.74, 6) is 1.57. The van der Waals surface area contributed by atoms with Gasteiger partial charge in [0.2, 0.25) is 17.6 Å². The van der Waals surface area contributed by atoms with Gasteiger partial charge in [-0.3, -0.25) is 4.79 Å². The van der Waals surface area contributed by atoms with E-state index >= 15 is 0 Å². The minimum Gasteiger partial charge on any atom is -0.508 e. The van der Waals surface area contributed by atoms with Crippen LogP contribution in [0.2, 0.25) is 0 Å². The maximum absolute atomic E-state index is 12.5. The summed E-state index contributed by atoms with van der Waals surface area (Å²) in [6, 6.07) is 9.40. The van der Waals surface area contributed by atoms with Gasteiger partial charge in [-0.15, -0.1) is 5.10 Å². The maximum Gasteiger partial charge on any atom is 0.248 e. The van der Waals surface area contributed by atoms with Crippen molar-refractivity contribution in [1.29, 1.82) is 0 Å². The highest BCUT2D eigenvalue weighted by atomic mass is 16.5. The van der Waals surface area contributed by atoms with Gasteiger partial charge < -0.3 is 30.4 Å². The number of nitrogens with zero attached hydrogens (tertiary/aromatic N) is 3. The molecule has 0 saturated heterocycles. The van der Waals surface area contributed by atoms with Crippen LogP contribution in [0.1, 0.15) is 18.5 Å². The molecule has 0 spiro atoms. The lowest BCUT2D eigenvalue weighted by Gasteiger charge is -2.28. The van der Waals surface area contributed by atoms with Crippen molar-refractivity contribution in [3.05, 3.63) is 53.2 Å². The number of phenols is 1. The minimum atomic E-state index is -0.698. The number of amides is 1. The largest absolute Gasteiger partial charge is 0.508 e. The Balaban J connectivity index is 1.93. The second-order valence-electron chi connectivity index (χ2n) is 7.14. The summed E-state index contributed by atoms with van der Waals surface area (Å²) in [5.41, 5.74) is 7.89. The fraction of sp³-hybridized carbons (Fsp3) is 0.227. The fourth-order valence-electron chi connectivity index (χ4n) is 3.80. The third kappa shape index (κ3) is 3.45. The van der Waals surface area contributed by atoms with Gasteiger partial charge in [0.15, 0.2) is 17.3 Å². The maximum atomic E-state index is 12.5. The van der Waals surface area contributed by atoms with E-state index in [4.69, 9.17) is 19.9 Å². The first kappa shape index (κ1) is 21.0. The molecule has 2 aromatic carbocycles. The molecule has 0 aliphatic carbocycles. The van der Waals surface area contributed by atoms with Gasteiger partial charge in [-0.1, -0.05) is 12.1 Å². The minimum absolute atomic E-state index is 0.0940. The molecule has 1 aliphatic rings. The van der Waals surface area contributed by atoms with Crippen molar-refractivity contribution in [1.82, 2.24) is 14.8 Å². The normalized spacial score (nSPS) is 15.1. The van der Waals surface area contributed by atoms with Gasteiger partial charge in [0, 0.05) is 11.3 Å². The van der Waals surface area contributed by atoms with Crippen LogP contribution in [0.4, 0.5) is 5.95 Å². The van der Waals surface area contributed by atoms with Crippen molar-refractivity contribution >= 4 is 11.9 Å². The smallest absolute Gasteiger partial charge is 0.248 e. The van der Waals surface area contributed by atoms with Crippen molar-refractivity contribution in [3.8, 4) is 34.4 Å². The number of allylic oxidation sites excluding steroid dienone is 1. The van der Waals surface area contributed by atoms with E-state index in [-0.39, 0.29) is 5.75 Å². The molecular formula is C22H23N5O5. The van der Waals surface area contributed by atoms with Crippen LogP contribution in [-0.4, -0.2) is 47.1 Å². The Morgan fingerprint density at radius 2 is 1.81 bits per heavy atom. The molecule has 4 N–H and O–H groups in total. The molecule has 10 heteroatoms. The summed E-state index contributed by atoms with van der Waals surface area (Å²) in [7, 11) is 4.54. The number of benzene rings is 2. The van der Waals surface area contributed by atoms with Gasteiger partial charge in [0.05, 0.1) is 26.9 Å². The van der Waals surface area contributed by atoms with E-state index in [0.717, 1.165) is 0 Å². The molecule has 1 aliphatic heterocycles. The number of aromatic nitrogens is 3. The Bertz CT molecular complexity index is 1210. The molecule has 4 rings (SSSR count). The predicted molar refractivity (Wildman–Crippen MR) is 117 cm³/mol. The summed E-state index contributed by atoms with van der Waals surface area (Å²) in [6.07, 6.45) is 0. The van der Waals surface area contributed by atoms with Crippen molar-refractivity contribution in [2.45, 2.75) is 13.0 Å². The quantitative estimate of drug-likeness (QED) is 0.535. The van der Waals surface area contributed by atoms with Gasteiger partial charge in [-0.2, -0.15) is 4.98 Å². The monoisotopic (exact) mass is 437 g/mol. The fourth-order valence-corrected chi connectivity index (χ4v) is 3.80. The Hall–Kier alpha value is -4.21. The van der Waals surface area contributed by atoms with Crippen LogP contribution < -0.4 is 25.3 Å². The molecular weight excluding hydrogens is 414 g/mol. The number of aromatic hydroxyl groups is 1. The van der Waals surface area contributed by atoms with Gasteiger partial charge >= 0.3 is 0 Å². The zero-order valence-corrected chi connectivity index (χ0v) is 18.0. The lowest BCUT2D eigenvalue weighted by molar-refractivity contribution is -0.115. The predicted octanol–water partition coefficient (Wildman–Crippen LogP) is 2.45. The molecule has 3 aromatic rings. The summed E-state index contributed by atoms with van der Waals surface area (Å²) < 4.78 is 18.0. The van der Waals surface area contributed by atoms with E-state index in [0.29, 0.717) is 51.4 Å². The Morgan fingerprint density at radius 3 is 2.38 bits per heavy atom. The Kier molecular flexibility index (Phi) is 5.35. The number of carbonyl (C=O) groups is 1. The second-order valence-corrected chi connectivity index (χ2v) is 7.14. The molecule has 32 heavy (non-hydrogen) atoms. The van der Waals surface area contributed by atoms with Gasteiger partial charge in [0.1, 0.15) is 11.8 Å². The van der Waals surface area contributed by atoms with E-state index in [1.54, 1.807) is 48.0 Å². The SMILES string of the molecule is COc1cc([C@H]2C(C(N)=O)=C(C)Nc3nc(-c4cccc(O)c4)nn32)cc(OC)c1OC. The first-order chi connectivity index (χ1) is 15.4. The molecule has 10 nitrogen and oxygen atoms in total. The Morgan fingerprint density at radius 1 is 1.12 bits per heavy atom. The molecule has 0 radical (unpaired) electrons. The number of hydrogen-bond acceptors (Lipinski definition) is 8. The van der Waals surface area contributed by atoms with Crippen LogP contribution in [0.5, 0.6) is 23.0 Å². The number of methoxy groups -OCH3 is 3. The van der Waals surface area contributed by atoms with E-state index in [2.05, 4.69) is 15.4 Å². The van der Waals surface area contributed by atoms with Gasteiger partial charge in [0.25, 0.3) is 0 Å². The Labute approximate surface area is 184 Å². The summed E-state index contributed by atoms with van der Waals surface area (Å²) in [4.78, 5) is 17.0. The first-order valence-electron chi connectivity index (χ1n) is 9.71. The van der Waals surface area contributed by atoms with E-state index in [1.165, 1.54) is 21.3 Å². The van der Waals surface area contributed by atoms with Crippen LogP contribution in [0.3, 0.4) is 0 Å². The first-order valence-corrected chi connectivity index (χ1v) is 9.71. The highest BCUT2D eigenvalue weighted by Gasteiger charge is 2.34. The molecule has 0 bridgehead atoms.